The summed E-state index contributed by atoms with van der Waals surface area (Å²) in [5.41, 5.74) is 7.38. The minimum atomic E-state index is 0.0393. The van der Waals surface area contributed by atoms with E-state index in [1.165, 1.54) is 30.6 Å². The molecule has 3 rings (SSSR count). The molecule has 4 nitrogen and oxygen atoms in total. The van der Waals surface area contributed by atoms with Gasteiger partial charge < -0.3 is 10.6 Å². The first-order valence-electron chi connectivity index (χ1n) is 7.08. The second kappa shape index (κ2) is 5.40. The molecule has 0 aromatic carbocycles. The summed E-state index contributed by atoms with van der Waals surface area (Å²) in [6, 6.07) is 4.19. The Labute approximate surface area is 122 Å². The minimum Gasteiger partial charge on any atom is -0.396 e. The highest BCUT2D eigenvalue weighted by Gasteiger charge is 2.26. The molecule has 2 aromatic heterocycles. The van der Waals surface area contributed by atoms with E-state index in [2.05, 4.69) is 4.98 Å². The van der Waals surface area contributed by atoms with Crippen molar-refractivity contribution in [1.29, 1.82) is 0 Å². The van der Waals surface area contributed by atoms with Crippen LogP contribution in [0, 0.1) is 0 Å². The van der Waals surface area contributed by atoms with Crippen LogP contribution in [-0.4, -0.2) is 28.9 Å². The number of aromatic nitrogens is 1. The Balaban J connectivity index is 1.89. The number of nitrogens with two attached hydrogens (primary N) is 1. The van der Waals surface area contributed by atoms with Gasteiger partial charge in [-0.1, -0.05) is 19.3 Å². The number of nitrogens with zero attached hydrogens (tertiary/aromatic N) is 2. The van der Waals surface area contributed by atoms with Gasteiger partial charge in [0.15, 0.2) is 0 Å². The molecule has 0 aliphatic heterocycles. The van der Waals surface area contributed by atoms with Crippen molar-refractivity contribution < 1.29 is 4.79 Å². The molecule has 2 heterocycles. The number of anilines is 1. The molecule has 0 radical (unpaired) electrons. The number of carbonyl (C=O) groups is 1. The van der Waals surface area contributed by atoms with Crippen molar-refractivity contribution in [3.8, 4) is 0 Å². The minimum absolute atomic E-state index is 0.0393. The highest BCUT2D eigenvalue weighted by molar-refractivity contribution is 7.21. The summed E-state index contributed by atoms with van der Waals surface area (Å²) >= 11 is 1.45. The summed E-state index contributed by atoms with van der Waals surface area (Å²) in [7, 11) is 1.90. The van der Waals surface area contributed by atoms with Crippen LogP contribution in [0.2, 0.25) is 0 Å². The van der Waals surface area contributed by atoms with E-state index < -0.39 is 0 Å². The molecule has 1 aliphatic rings. The number of hydrogen-bond acceptors (Lipinski definition) is 4. The van der Waals surface area contributed by atoms with Crippen molar-refractivity contribution in [2.75, 3.05) is 12.8 Å². The lowest BCUT2D eigenvalue weighted by Gasteiger charge is -2.31. The van der Waals surface area contributed by atoms with Gasteiger partial charge in [-0.25, -0.2) is 0 Å². The maximum Gasteiger partial charge on any atom is 0.266 e. The summed E-state index contributed by atoms with van der Waals surface area (Å²) in [5, 5.41) is 0. The summed E-state index contributed by atoms with van der Waals surface area (Å²) in [4.78, 5) is 19.4. The topological polar surface area (TPSA) is 59.2 Å². The van der Waals surface area contributed by atoms with Gasteiger partial charge in [0.05, 0.1) is 10.4 Å². The van der Waals surface area contributed by atoms with Crippen molar-refractivity contribution in [2.24, 2.45) is 0 Å². The first-order chi connectivity index (χ1) is 9.68. The molecule has 0 atom stereocenters. The van der Waals surface area contributed by atoms with E-state index in [4.69, 9.17) is 5.73 Å². The van der Waals surface area contributed by atoms with Crippen LogP contribution in [0.3, 0.4) is 0 Å². The van der Waals surface area contributed by atoms with Gasteiger partial charge in [0.25, 0.3) is 5.91 Å². The molecule has 0 saturated heterocycles. The summed E-state index contributed by atoms with van der Waals surface area (Å²) in [5.74, 6) is 0.0393. The smallest absolute Gasteiger partial charge is 0.266 e. The molecule has 106 valence electrons. The highest BCUT2D eigenvalue weighted by atomic mass is 32.1. The first kappa shape index (κ1) is 13.4. The Morgan fingerprint density at radius 3 is 2.85 bits per heavy atom. The van der Waals surface area contributed by atoms with Gasteiger partial charge in [-0.2, -0.15) is 0 Å². The number of rotatable bonds is 2. The maximum absolute atomic E-state index is 12.7. The van der Waals surface area contributed by atoms with E-state index >= 15 is 0 Å². The third kappa shape index (κ3) is 2.26. The van der Waals surface area contributed by atoms with Gasteiger partial charge in [0.1, 0.15) is 10.4 Å². The normalized spacial score (nSPS) is 16.4. The van der Waals surface area contributed by atoms with Crippen LogP contribution in [0.1, 0.15) is 41.8 Å². The van der Waals surface area contributed by atoms with Crippen LogP contribution in [-0.2, 0) is 0 Å². The summed E-state index contributed by atoms with van der Waals surface area (Å²) < 4.78 is 0.977. The highest BCUT2D eigenvalue weighted by Crippen LogP contribution is 2.33. The molecule has 1 saturated carbocycles. The SMILES string of the molecule is CN(C(=O)c1sc2cccnc2c1N)C1CCCCC1. The van der Waals surface area contributed by atoms with Crippen LogP contribution in [0.4, 0.5) is 5.69 Å². The van der Waals surface area contributed by atoms with E-state index in [-0.39, 0.29) is 5.91 Å². The van der Waals surface area contributed by atoms with E-state index in [9.17, 15) is 4.79 Å². The number of amides is 1. The van der Waals surface area contributed by atoms with E-state index in [0.717, 1.165) is 23.1 Å². The number of pyridine rings is 1. The zero-order valence-corrected chi connectivity index (χ0v) is 12.4. The van der Waals surface area contributed by atoms with Crippen LogP contribution in [0.25, 0.3) is 10.2 Å². The quantitative estimate of drug-likeness (QED) is 0.923. The number of thiophene rings is 1. The lowest BCUT2D eigenvalue weighted by Crippen LogP contribution is -2.38. The predicted molar refractivity (Wildman–Crippen MR) is 83.0 cm³/mol. The molecule has 2 aromatic rings. The standard InChI is InChI=1S/C15H19N3OS/c1-18(10-6-3-2-4-7-10)15(19)14-12(16)13-11(20-14)8-5-9-17-13/h5,8-10H,2-4,6-7,16H2,1H3. The van der Waals surface area contributed by atoms with Crippen LogP contribution >= 0.6 is 11.3 Å². The van der Waals surface area contributed by atoms with Crippen molar-refractivity contribution in [3.63, 3.8) is 0 Å². The second-order valence-corrected chi connectivity index (χ2v) is 6.46. The number of nitrogen functional groups attached to an aromatic ring is 1. The maximum atomic E-state index is 12.7. The second-order valence-electron chi connectivity index (χ2n) is 5.40. The Kier molecular flexibility index (Phi) is 3.61. The molecule has 1 amide bonds. The van der Waals surface area contributed by atoms with Crippen molar-refractivity contribution in [1.82, 2.24) is 9.88 Å². The molecule has 1 aliphatic carbocycles. The Morgan fingerprint density at radius 1 is 1.40 bits per heavy atom. The van der Waals surface area contributed by atoms with Crippen LogP contribution in [0.5, 0.6) is 0 Å². The lowest BCUT2D eigenvalue weighted by molar-refractivity contribution is 0.0702. The molecule has 20 heavy (non-hydrogen) atoms. The average molecular weight is 289 g/mol. The summed E-state index contributed by atoms with van der Waals surface area (Å²) in [6.07, 6.45) is 7.63. The van der Waals surface area contributed by atoms with Crippen LogP contribution < -0.4 is 5.73 Å². The number of carbonyl (C=O) groups excluding carboxylic acids is 1. The fourth-order valence-electron chi connectivity index (χ4n) is 2.90. The van der Waals surface area contributed by atoms with E-state index in [0.29, 0.717) is 16.6 Å². The predicted octanol–water partition coefficient (Wildman–Crippen LogP) is 3.28. The zero-order chi connectivity index (χ0) is 14.1. The largest absolute Gasteiger partial charge is 0.396 e. The summed E-state index contributed by atoms with van der Waals surface area (Å²) in [6.45, 7) is 0. The molecule has 1 fully saturated rings. The van der Waals surface area contributed by atoms with Gasteiger partial charge in [0.2, 0.25) is 0 Å². The Morgan fingerprint density at radius 2 is 2.15 bits per heavy atom. The molecule has 0 bridgehead atoms. The van der Waals surface area contributed by atoms with Crippen molar-refractivity contribution in [2.45, 2.75) is 38.1 Å². The van der Waals surface area contributed by atoms with E-state index in [1.54, 1.807) is 6.20 Å². The zero-order valence-electron chi connectivity index (χ0n) is 11.6. The Bertz CT molecular complexity index is 631. The van der Waals surface area contributed by atoms with E-state index in [1.807, 2.05) is 24.1 Å². The molecular weight excluding hydrogens is 270 g/mol. The number of hydrogen-bond donors (Lipinski definition) is 1. The fraction of sp³-hybridized carbons (Fsp3) is 0.467. The molecule has 5 heteroatoms. The number of fused-ring (bicyclic) bond motifs is 1. The van der Waals surface area contributed by atoms with Gasteiger partial charge in [0, 0.05) is 19.3 Å². The third-order valence-electron chi connectivity index (χ3n) is 4.12. The molecule has 0 spiro atoms. The molecule has 0 unspecified atom stereocenters. The lowest BCUT2D eigenvalue weighted by atomic mass is 9.94. The van der Waals surface area contributed by atoms with Crippen molar-refractivity contribution in [3.05, 3.63) is 23.2 Å². The monoisotopic (exact) mass is 289 g/mol. The van der Waals surface area contributed by atoms with Gasteiger partial charge in [-0.05, 0) is 25.0 Å². The van der Waals surface area contributed by atoms with Crippen LogP contribution in [0.15, 0.2) is 18.3 Å². The average Bonchev–Trinajstić information content (AvgIpc) is 2.84. The fourth-order valence-corrected chi connectivity index (χ4v) is 3.96. The molecular formula is C15H19N3OS. The Hall–Kier alpha value is -1.62. The third-order valence-corrected chi connectivity index (χ3v) is 5.27. The van der Waals surface area contributed by atoms with Gasteiger partial charge >= 0.3 is 0 Å². The van der Waals surface area contributed by atoms with Gasteiger partial charge in [-0.3, -0.25) is 9.78 Å². The first-order valence-corrected chi connectivity index (χ1v) is 7.90. The van der Waals surface area contributed by atoms with Crippen molar-refractivity contribution >= 4 is 33.1 Å². The molecule has 2 N–H and O–H groups in total. The van der Waals surface area contributed by atoms with Gasteiger partial charge in [-0.15, -0.1) is 11.3 Å².